The van der Waals surface area contributed by atoms with Crippen LogP contribution in [0, 0.1) is 12.7 Å². The number of nitrogens with two attached hydrogens (primary N) is 1. The lowest BCUT2D eigenvalue weighted by Gasteiger charge is -2.10. The van der Waals surface area contributed by atoms with Crippen molar-refractivity contribution in [1.29, 1.82) is 0 Å². The number of amides is 1. The number of rotatable bonds is 4. The number of hydrogen-bond donors (Lipinski definition) is 2. The molecule has 0 aromatic heterocycles. The Morgan fingerprint density at radius 2 is 2.00 bits per heavy atom. The quantitative estimate of drug-likeness (QED) is 0.886. The predicted molar refractivity (Wildman–Crippen MR) is 73.4 cm³/mol. The van der Waals surface area contributed by atoms with Crippen LogP contribution < -0.4 is 11.1 Å². The number of carbonyl (C=O) groups is 1. The fourth-order valence-electron chi connectivity index (χ4n) is 1.83. The smallest absolute Gasteiger partial charge is 0.248 e. The van der Waals surface area contributed by atoms with Gasteiger partial charge in [-0.1, -0.05) is 18.2 Å². The molecule has 0 spiro atoms. The molecule has 0 radical (unpaired) electrons. The highest BCUT2D eigenvalue weighted by Crippen LogP contribution is 2.18. The van der Waals surface area contributed by atoms with Crippen LogP contribution in [0.2, 0.25) is 0 Å². The highest BCUT2D eigenvalue weighted by Gasteiger charge is 2.04. The number of primary amides is 1. The Balaban J connectivity index is 2.12. The zero-order valence-electron chi connectivity index (χ0n) is 10.6. The van der Waals surface area contributed by atoms with Gasteiger partial charge in [-0.3, -0.25) is 4.79 Å². The van der Waals surface area contributed by atoms with E-state index in [1.807, 2.05) is 12.1 Å². The molecule has 4 heteroatoms. The summed E-state index contributed by atoms with van der Waals surface area (Å²) >= 11 is 0. The van der Waals surface area contributed by atoms with Gasteiger partial charge in [0, 0.05) is 23.4 Å². The molecule has 0 bridgehead atoms. The van der Waals surface area contributed by atoms with Gasteiger partial charge in [-0.2, -0.15) is 0 Å². The lowest BCUT2D eigenvalue weighted by atomic mass is 10.1. The number of hydrogen-bond acceptors (Lipinski definition) is 2. The third kappa shape index (κ3) is 3.10. The summed E-state index contributed by atoms with van der Waals surface area (Å²) in [6.45, 7) is 2.23. The van der Waals surface area contributed by atoms with Crippen molar-refractivity contribution in [2.75, 3.05) is 5.32 Å². The fraction of sp³-hybridized carbons (Fsp3) is 0.133. The zero-order valence-corrected chi connectivity index (χ0v) is 10.6. The molecule has 1 amide bonds. The van der Waals surface area contributed by atoms with Crippen LogP contribution in [-0.4, -0.2) is 5.91 Å². The van der Waals surface area contributed by atoms with Crippen LogP contribution >= 0.6 is 0 Å². The van der Waals surface area contributed by atoms with Crippen molar-refractivity contribution in [2.45, 2.75) is 13.5 Å². The van der Waals surface area contributed by atoms with Gasteiger partial charge in [-0.05, 0) is 36.8 Å². The van der Waals surface area contributed by atoms with Gasteiger partial charge in [0.05, 0.1) is 0 Å². The van der Waals surface area contributed by atoms with Gasteiger partial charge in [-0.25, -0.2) is 4.39 Å². The number of anilines is 1. The number of benzene rings is 2. The standard InChI is InChI=1S/C15H15FN2O/c1-10-13(16)6-3-7-14(10)18-9-11-4-2-5-12(8-11)15(17)19/h2-8,18H,9H2,1H3,(H2,17,19). The van der Waals surface area contributed by atoms with E-state index in [1.54, 1.807) is 31.2 Å². The first kappa shape index (κ1) is 13.1. The molecule has 2 aromatic rings. The molecule has 0 aliphatic rings. The fourth-order valence-corrected chi connectivity index (χ4v) is 1.83. The molecule has 0 fully saturated rings. The van der Waals surface area contributed by atoms with Crippen LogP contribution in [0.3, 0.4) is 0 Å². The number of halogens is 1. The summed E-state index contributed by atoms with van der Waals surface area (Å²) in [5.74, 6) is -0.695. The molecular weight excluding hydrogens is 243 g/mol. The second kappa shape index (κ2) is 5.52. The topological polar surface area (TPSA) is 55.1 Å². The van der Waals surface area contributed by atoms with Crippen molar-refractivity contribution in [3.05, 3.63) is 65.0 Å². The summed E-state index contributed by atoms with van der Waals surface area (Å²) in [5, 5.41) is 3.14. The molecule has 0 saturated heterocycles. The summed E-state index contributed by atoms with van der Waals surface area (Å²) in [6, 6.07) is 11.9. The monoisotopic (exact) mass is 258 g/mol. The zero-order chi connectivity index (χ0) is 13.8. The first-order valence-electron chi connectivity index (χ1n) is 5.95. The van der Waals surface area contributed by atoms with E-state index in [0.29, 0.717) is 17.7 Å². The number of nitrogens with one attached hydrogen (secondary N) is 1. The summed E-state index contributed by atoms with van der Waals surface area (Å²) in [4.78, 5) is 11.1. The Labute approximate surface area is 111 Å². The van der Waals surface area contributed by atoms with Crippen molar-refractivity contribution >= 4 is 11.6 Å². The van der Waals surface area contributed by atoms with Gasteiger partial charge < -0.3 is 11.1 Å². The minimum atomic E-state index is -0.455. The van der Waals surface area contributed by atoms with Crippen molar-refractivity contribution in [1.82, 2.24) is 0 Å². The average molecular weight is 258 g/mol. The van der Waals surface area contributed by atoms with Crippen LogP contribution in [0.4, 0.5) is 10.1 Å². The maximum Gasteiger partial charge on any atom is 0.248 e. The molecule has 0 heterocycles. The van der Waals surface area contributed by atoms with E-state index in [1.165, 1.54) is 6.07 Å². The van der Waals surface area contributed by atoms with Gasteiger partial charge >= 0.3 is 0 Å². The van der Waals surface area contributed by atoms with E-state index >= 15 is 0 Å². The Kier molecular flexibility index (Phi) is 3.80. The van der Waals surface area contributed by atoms with Gasteiger partial charge in [0.25, 0.3) is 0 Å². The van der Waals surface area contributed by atoms with Gasteiger partial charge in [0.15, 0.2) is 0 Å². The van der Waals surface area contributed by atoms with Crippen molar-refractivity contribution < 1.29 is 9.18 Å². The van der Waals surface area contributed by atoms with Gasteiger partial charge in [0.2, 0.25) is 5.91 Å². The first-order valence-corrected chi connectivity index (χ1v) is 5.95. The van der Waals surface area contributed by atoms with E-state index in [0.717, 1.165) is 11.3 Å². The normalized spacial score (nSPS) is 10.2. The average Bonchev–Trinajstić information content (AvgIpc) is 2.41. The molecular formula is C15H15FN2O. The van der Waals surface area contributed by atoms with Crippen LogP contribution in [-0.2, 0) is 6.54 Å². The van der Waals surface area contributed by atoms with Crippen LogP contribution in [0.25, 0.3) is 0 Å². The molecule has 0 atom stereocenters. The second-order valence-electron chi connectivity index (χ2n) is 4.33. The van der Waals surface area contributed by atoms with Crippen molar-refractivity contribution in [3.63, 3.8) is 0 Å². The van der Waals surface area contributed by atoms with Crippen LogP contribution in [0.1, 0.15) is 21.5 Å². The molecule has 19 heavy (non-hydrogen) atoms. The lowest BCUT2D eigenvalue weighted by molar-refractivity contribution is 0.1000. The van der Waals surface area contributed by atoms with Crippen molar-refractivity contribution in [2.24, 2.45) is 5.73 Å². The molecule has 0 aliphatic carbocycles. The Morgan fingerprint density at radius 3 is 2.74 bits per heavy atom. The van der Waals surface area contributed by atoms with Crippen LogP contribution in [0.5, 0.6) is 0 Å². The summed E-state index contributed by atoms with van der Waals surface area (Å²) in [6.07, 6.45) is 0. The molecule has 2 aromatic carbocycles. The first-order chi connectivity index (χ1) is 9.08. The summed E-state index contributed by atoms with van der Waals surface area (Å²) < 4.78 is 13.4. The predicted octanol–water partition coefficient (Wildman–Crippen LogP) is 2.85. The lowest BCUT2D eigenvalue weighted by Crippen LogP contribution is -2.11. The molecule has 2 rings (SSSR count). The van der Waals surface area contributed by atoms with Gasteiger partial charge in [0.1, 0.15) is 5.82 Å². The Bertz CT molecular complexity index is 611. The highest BCUT2D eigenvalue weighted by atomic mass is 19.1. The highest BCUT2D eigenvalue weighted by molar-refractivity contribution is 5.92. The van der Waals surface area contributed by atoms with E-state index in [4.69, 9.17) is 5.73 Å². The summed E-state index contributed by atoms with van der Waals surface area (Å²) in [5.41, 5.74) is 7.93. The minimum Gasteiger partial charge on any atom is -0.381 e. The van der Waals surface area contributed by atoms with Gasteiger partial charge in [-0.15, -0.1) is 0 Å². The third-order valence-electron chi connectivity index (χ3n) is 2.96. The largest absolute Gasteiger partial charge is 0.381 e. The van der Waals surface area contributed by atoms with E-state index < -0.39 is 5.91 Å². The molecule has 0 aliphatic heterocycles. The van der Waals surface area contributed by atoms with Crippen LogP contribution in [0.15, 0.2) is 42.5 Å². The maximum atomic E-state index is 13.4. The minimum absolute atomic E-state index is 0.240. The molecule has 3 nitrogen and oxygen atoms in total. The molecule has 0 saturated carbocycles. The van der Waals surface area contributed by atoms with Crippen molar-refractivity contribution in [3.8, 4) is 0 Å². The Morgan fingerprint density at radius 1 is 1.26 bits per heavy atom. The van der Waals surface area contributed by atoms with E-state index in [9.17, 15) is 9.18 Å². The summed E-state index contributed by atoms with van der Waals surface area (Å²) in [7, 11) is 0. The Hall–Kier alpha value is -2.36. The molecule has 3 N–H and O–H groups in total. The third-order valence-corrected chi connectivity index (χ3v) is 2.96. The SMILES string of the molecule is Cc1c(F)cccc1NCc1cccc(C(N)=O)c1. The number of carbonyl (C=O) groups excluding carboxylic acids is 1. The maximum absolute atomic E-state index is 13.4. The second-order valence-corrected chi connectivity index (χ2v) is 4.33. The molecule has 98 valence electrons. The van der Waals surface area contributed by atoms with E-state index in [2.05, 4.69) is 5.32 Å². The van der Waals surface area contributed by atoms with E-state index in [-0.39, 0.29) is 5.82 Å². The molecule has 0 unspecified atom stereocenters.